The smallest absolute Gasteiger partial charge is 0.126 e. The van der Waals surface area contributed by atoms with E-state index in [1.807, 2.05) is 0 Å². The van der Waals surface area contributed by atoms with Crippen molar-refractivity contribution in [1.82, 2.24) is 0 Å². The molecule has 0 saturated heterocycles. The van der Waals surface area contributed by atoms with E-state index < -0.39 is 0 Å². The fourth-order valence-electron chi connectivity index (χ4n) is 1.45. The second kappa shape index (κ2) is 5.26. The van der Waals surface area contributed by atoms with Crippen molar-refractivity contribution in [2.45, 2.75) is 38.4 Å². The van der Waals surface area contributed by atoms with Crippen LogP contribution >= 0.6 is 15.9 Å². The summed E-state index contributed by atoms with van der Waals surface area (Å²) in [6.07, 6.45) is 1.35. The van der Waals surface area contributed by atoms with E-state index in [9.17, 15) is 8.78 Å². The van der Waals surface area contributed by atoms with Gasteiger partial charge in [0, 0.05) is 4.83 Å². The Balaban J connectivity index is 2.64. The third-order valence-electron chi connectivity index (χ3n) is 2.61. The highest BCUT2D eigenvalue weighted by atomic mass is 79.9. The molecule has 0 amide bonds. The second-order valence-corrected chi connectivity index (χ2v) is 6.21. The van der Waals surface area contributed by atoms with Gasteiger partial charge in [-0.3, -0.25) is 0 Å². The molecule has 0 nitrogen and oxygen atoms in total. The first-order valence-electron chi connectivity index (χ1n) is 5.38. The highest BCUT2D eigenvalue weighted by Crippen LogP contribution is 2.30. The molecule has 0 heterocycles. The molecule has 90 valence electrons. The maximum absolute atomic E-state index is 13.3. The van der Waals surface area contributed by atoms with E-state index in [4.69, 9.17) is 0 Å². The molecule has 0 aliphatic heterocycles. The van der Waals surface area contributed by atoms with E-state index in [-0.39, 0.29) is 17.0 Å². The minimum atomic E-state index is -0.377. The Labute approximate surface area is 104 Å². The summed E-state index contributed by atoms with van der Waals surface area (Å²) in [4.78, 5) is 0.294. The molecular formula is C13H17BrF2. The summed E-state index contributed by atoms with van der Waals surface area (Å²) >= 11 is 3.58. The largest absolute Gasteiger partial charge is 0.207 e. The number of hydrogen-bond donors (Lipinski definition) is 0. The first-order chi connectivity index (χ1) is 7.30. The lowest BCUT2D eigenvalue weighted by atomic mass is 9.89. The molecule has 0 spiro atoms. The van der Waals surface area contributed by atoms with Crippen molar-refractivity contribution in [3.8, 4) is 0 Å². The zero-order valence-corrected chi connectivity index (χ0v) is 11.4. The minimum absolute atomic E-state index is 0.129. The van der Waals surface area contributed by atoms with Gasteiger partial charge < -0.3 is 0 Å². The van der Waals surface area contributed by atoms with Crippen LogP contribution in [0.15, 0.2) is 18.2 Å². The molecule has 1 rings (SSSR count). The van der Waals surface area contributed by atoms with Crippen LogP contribution < -0.4 is 0 Å². The van der Waals surface area contributed by atoms with Crippen molar-refractivity contribution < 1.29 is 8.78 Å². The molecule has 0 bridgehead atoms. The van der Waals surface area contributed by atoms with Crippen molar-refractivity contribution in [2.75, 3.05) is 0 Å². The van der Waals surface area contributed by atoms with Gasteiger partial charge in [-0.05, 0) is 42.0 Å². The molecule has 0 aromatic heterocycles. The normalized spacial score (nSPS) is 13.9. The molecule has 1 atom stereocenters. The Morgan fingerprint density at radius 2 is 1.88 bits per heavy atom. The molecular weight excluding hydrogens is 274 g/mol. The van der Waals surface area contributed by atoms with E-state index in [0.717, 1.165) is 12.5 Å². The van der Waals surface area contributed by atoms with Gasteiger partial charge in [0.15, 0.2) is 0 Å². The van der Waals surface area contributed by atoms with Crippen LogP contribution in [0.4, 0.5) is 8.78 Å². The third-order valence-corrected chi connectivity index (χ3v) is 4.45. The first kappa shape index (κ1) is 13.6. The maximum atomic E-state index is 13.3. The molecule has 0 radical (unpaired) electrons. The van der Waals surface area contributed by atoms with Gasteiger partial charge >= 0.3 is 0 Å². The van der Waals surface area contributed by atoms with Gasteiger partial charge in [-0.15, -0.1) is 0 Å². The van der Waals surface area contributed by atoms with Crippen LogP contribution in [0.3, 0.4) is 0 Å². The Kier molecular flexibility index (Phi) is 4.48. The van der Waals surface area contributed by atoms with Gasteiger partial charge in [0.2, 0.25) is 0 Å². The number of halogens is 3. The van der Waals surface area contributed by atoms with E-state index in [2.05, 4.69) is 36.7 Å². The SMILES string of the molecule is CC(C)(C)C(Br)CCc1cc(F)ccc1F. The van der Waals surface area contributed by atoms with E-state index >= 15 is 0 Å². The fraction of sp³-hybridized carbons (Fsp3) is 0.538. The standard InChI is InChI=1S/C13H17BrF2/c1-13(2,3)12(14)7-4-9-8-10(15)5-6-11(9)16/h5-6,8,12H,4,7H2,1-3H3. The van der Waals surface area contributed by atoms with Crippen LogP contribution in [-0.4, -0.2) is 4.83 Å². The van der Waals surface area contributed by atoms with Gasteiger partial charge in [-0.1, -0.05) is 36.7 Å². The van der Waals surface area contributed by atoms with E-state index in [1.54, 1.807) is 0 Å². The summed E-state index contributed by atoms with van der Waals surface area (Å²) in [7, 11) is 0. The van der Waals surface area contributed by atoms with Crippen LogP contribution in [0.1, 0.15) is 32.8 Å². The van der Waals surface area contributed by atoms with Gasteiger partial charge in [-0.2, -0.15) is 0 Å². The molecule has 1 aromatic rings. The van der Waals surface area contributed by atoms with E-state index in [1.165, 1.54) is 12.1 Å². The first-order valence-corrected chi connectivity index (χ1v) is 6.30. The topological polar surface area (TPSA) is 0 Å². The molecule has 1 unspecified atom stereocenters. The van der Waals surface area contributed by atoms with Crippen molar-refractivity contribution in [3.63, 3.8) is 0 Å². The predicted molar refractivity (Wildman–Crippen MR) is 66.8 cm³/mol. The molecule has 1 aromatic carbocycles. The lowest BCUT2D eigenvalue weighted by Gasteiger charge is -2.25. The molecule has 3 heteroatoms. The van der Waals surface area contributed by atoms with Gasteiger partial charge in [0.1, 0.15) is 11.6 Å². The quantitative estimate of drug-likeness (QED) is 0.708. The highest BCUT2D eigenvalue weighted by molar-refractivity contribution is 9.09. The molecule has 0 fully saturated rings. The number of rotatable bonds is 3. The molecule has 0 aliphatic rings. The van der Waals surface area contributed by atoms with Crippen molar-refractivity contribution in [2.24, 2.45) is 5.41 Å². The van der Waals surface area contributed by atoms with Crippen molar-refractivity contribution in [3.05, 3.63) is 35.4 Å². The summed E-state index contributed by atoms with van der Waals surface area (Å²) in [5.74, 6) is -0.701. The van der Waals surface area contributed by atoms with Crippen molar-refractivity contribution >= 4 is 15.9 Å². The Morgan fingerprint density at radius 3 is 2.44 bits per heavy atom. The summed E-state index contributed by atoms with van der Waals surface area (Å²) in [6, 6.07) is 3.61. The summed E-state index contributed by atoms with van der Waals surface area (Å²) in [5, 5.41) is 0. The average Bonchev–Trinajstić information content (AvgIpc) is 2.17. The molecule has 16 heavy (non-hydrogen) atoms. The van der Waals surface area contributed by atoms with Crippen LogP contribution in [0.2, 0.25) is 0 Å². The maximum Gasteiger partial charge on any atom is 0.126 e. The molecule has 0 saturated carbocycles. The summed E-state index contributed by atoms with van der Waals surface area (Å²) < 4.78 is 26.3. The van der Waals surface area contributed by atoms with Crippen LogP contribution in [-0.2, 0) is 6.42 Å². The van der Waals surface area contributed by atoms with Crippen LogP contribution in [0, 0.1) is 17.0 Å². The minimum Gasteiger partial charge on any atom is -0.207 e. The Morgan fingerprint density at radius 1 is 1.25 bits per heavy atom. The fourth-order valence-corrected chi connectivity index (χ4v) is 1.68. The lowest BCUT2D eigenvalue weighted by Crippen LogP contribution is -2.20. The van der Waals surface area contributed by atoms with E-state index in [0.29, 0.717) is 16.8 Å². The highest BCUT2D eigenvalue weighted by Gasteiger charge is 2.21. The molecule has 0 aliphatic carbocycles. The van der Waals surface area contributed by atoms with Crippen LogP contribution in [0.5, 0.6) is 0 Å². The van der Waals surface area contributed by atoms with Crippen molar-refractivity contribution in [1.29, 1.82) is 0 Å². The number of aryl methyl sites for hydroxylation is 1. The zero-order valence-electron chi connectivity index (χ0n) is 9.86. The third kappa shape index (κ3) is 3.85. The van der Waals surface area contributed by atoms with Gasteiger partial charge in [0.25, 0.3) is 0 Å². The zero-order chi connectivity index (χ0) is 12.3. The predicted octanol–water partition coefficient (Wildman–Crippen LogP) is 4.71. The number of hydrogen-bond acceptors (Lipinski definition) is 0. The van der Waals surface area contributed by atoms with Gasteiger partial charge in [-0.25, -0.2) is 8.78 Å². The Hall–Kier alpha value is -0.440. The number of benzene rings is 1. The average molecular weight is 291 g/mol. The number of alkyl halides is 1. The second-order valence-electron chi connectivity index (χ2n) is 5.11. The molecule has 0 N–H and O–H groups in total. The lowest BCUT2D eigenvalue weighted by molar-refractivity contribution is 0.384. The monoisotopic (exact) mass is 290 g/mol. The van der Waals surface area contributed by atoms with Gasteiger partial charge in [0.05, 0.1) is 0 Å². The van der Waals surface area contributed by atoms with Crippen LogP contribution in [0.25, 0.3) is 0 Å². The summed E-state index contributed by atoms with van der Waals surface area (Å²) in [6.45, 7) is 6.36. The summed E-state index contributed by atoms with van der Waals surface area (Å²) in [5.41, 5.74) is 0.581. The Bertz CT molecular complexity index is 355.